The molecule has 1 fully saturated rings. The number of nitrogens with one attached hydrogen (secondary N) is 1. The van der Waals surface area contributed by atoms with Crippen LogP contribution in [0.25, 0.3) is 0 Å². The average Bonchev–Trinajstić information content (AvgIpc) is 3.24. The molecular formula is C20H21N3O4. The lowest BCUT2D eigenvalue weighted by molar-refractivity contribution is -0.138. The number of hydrogen-bond donors (Lipinski definition) is 1. The van der Waals surface area contributed by atoms with Gasteiger partial charge in [0, 0.05) is 13.5 Å². The highest BCUT2D eigenvalue weighted by molar-refractivity contribution is 6.09. The lowest BCUT2D eigenvalue weighted by Crippen LogP contribution is -2.51. The smallest absolute Gasteiger partial charge is 0.325 e. The highest BCUT2D eigenvalue weighted by Gasteiger charge is 2.52. The quantitative estimate of drug-likeness (QED) is 0.834. The molecule has 1 saturated heterocycles. The van der Waals surface area contributed by atoms with Crippen LogP contribution in [0.3, 0.4) is 0 Å². The standard InChI is InChI=1S/C20H21N3O4/c1-22(12-16-7-4-10-27-16)17(24)13-23-18(25)20(21-19(23)26)9-8-14-5-2-3-6-15(14)11-20/h2-7,10H,8-9,11-13H2,1H3,(H,21,26). The van der Waals surface area contributed by atoms with E-state index in [-0.39, 0.29) is 24.9 Å². The Morgan fingerprint density at radius 3 is 2.74 bits per heavy atom. The highest BCUT2D eigenvalue weighted by Crippen LogP contribution is 2.33. The molecule has 2 aliphatic rings. The molecule has 4 rings (SSSR count). The molecule has 0 bridgehead atoms. The van der Waals surface area contributed by atoms with Gasteiger partial charge in [0.2, 0.25) is 5.91 Å². The molecule has 140 valence electrons. The summed E-state index contributed by atoms with van der Waals surface area (Å²) in [6.07, 6.45) is 3.26. The minimum atomic E-state index is -0.939. The Hall–Kier alpha value is -3.09. The molecule has 2 heterocycles. The summed E-state index contributed by atoms with van der Waals surface area (Å²) < 4.78 is 5.24. The number of likely N-dealkylation sites (N-methyl/N-ethyl adjacent to an activating group) is 1. The van der Waals surface area contributed by atoms with Crippen LogP contribution in [0.1, 0.15) is 23.3 Å². The number of aryl methyl sites for hydroxylation is 1. The summed E-state index contributed by atoms with van der Waals surface area (Å²) in [6, 6.07) is 11.0. The summed E-state index contributed by atoms with van der Waals surface area (Å²) in [7, 11) is 1.62. The normalized spacial score (nSPS) is 21.3. The summed E-state index contributed by atoms with van der Waals surface area (Å²) >= 11 is 0. The van der Waals surface area contributed by atoms with Gasteiger partial charge in [-0.15, -0.1) is 0 Å². The molecule has 0 radical (unpaired) electrons. The van der Waals surface area contributed by atoms with Gasteiger partial charge in [-0.05, 0) is 36.1 Å². The Morgan fingerprint density at radius 2 is 2.00 bits per heavy atom. The third kappa shape index (κ3) is 3.09. The SMILES string of the molecule is CN(Cc1ccco1)C(=O)CN1C(=O)NC2(CCc3ccccc3C2)C1=O. The number of urea groups is 1. The van der Waals surface area contributed by atoms with E-state index in [0.717, 1.165) is 16.9 Å². The number of benzene rings is 1. The summed E-state index contributed by atoms with van der Waals surface area (Å²) in [5.74, 6) is 0.00770. The third-order valence-corrected chi connectivity index (χ3v) is 5.37. The number of rotatable bonds is 4. The van der Waals surface area contributed by atoms with E-state index in [1.807, 2.05) is 24.3 Å². The summed E-state index contributed by atoms with van der Waals surface area (Å²) in [5, 5.41) is 2.85. The van der Waals surface area contributed by atoms with E-state index in [4.69, 9.17) is 4.42 Å². The van der Waals surface area contributed by atoms with Gasteiger partial charge in [0.05, 0.1) is 12.8 Å². The number of amides is 4. The van der Waals surface area contributed by atoms with Crippen LogP contribution in [0.5, 0.6) is 0 Å². The lowest BCUT2D eigenvalue weighted by Gasteiger charge is -2.32. The minimum absolute atomic E-state index is 0.273. The molecule has 7 heteroatoms. The largest absolute Gasteiger partial charge is 0.467 e. The van der Waals surface area contributed by atoms with Gasteiger partial charge in [0.15, 0.2) is 0 Å². The molecule has 4 amide bonds. The van der Waals surface area contributed by atoms with Crippen LogP contribution >= 0.6 is 0 Å². The molecule has 1 spiro atoms. The van der Waals surface area contributed by atoms with E-state index in [9.17, 15) is 14.4 Å². The van der Waals surface area contributed by atoms with Crippen molar-refractivity contribution in [2.24, 2.45) is 0 Å². The van der Waals surface area contributed by atoms with Crippen molar-refractivity contribution < 1.29 is 18.8 Å². The van der Waals surface area contributed by atoms with Crippen molar-refractivity contribution in [1.82, 2.24) is 15.1 Å². The maximum absolute atomic E-state index is 13.0. The van der Waals surface area contributed by atoms with E-state index in [0.29, 0.717) is 18.6 Å². The number of fused-ring (bicyclic) bond motifs is 1. The van der Waals surface area contributed by atoms with Crippen LogP contribution < -0.4 is 5.32 Å². The monoisotopic (exact) mass is 367 g/mol. The maximum Gasteiger partial charge on any atom is 0.325 e. The average molecular weight is 367 g/mol. The van der Waals surface area contributed by atoms with Crippen LogP contribution in [0.15, 0.2) is 47.1 Å². The van der Waals surface area contributed by atoms with E-state index in [1.165, 1.54) is 16.7 Å². The zero-order valence-electron chi connectivity index (χ0n) is 15.1. The Kier molecular flexibility index (Phi) is 4.22. The van der Waals surface area contributed by atoms with Crippen LogP contribution in [-0.4, -0.2) is 46.8 Å². The number of carbonyl (C=O) groups excluding carboxylic acids is 3. The third-order valence-electron chi connectivity index (χ3n) is 5.37. The first-order chi connectivity index (χ1) is 13.0. The van der Waals surface area contributed by atoms with Gasteiger partial charge in [-0.1, -0.05) is 24.3 Å². The molecule has 1 N–H and O–H groups in total. The lowest BCUT2D eigenvalue weighted by atomic mass is 9.78. The second-order valence-corrected chi connectivity index (χ2v) is 7.18. The number of furan rings is 1. The predicted octanol–water partition coefficient (Wildman–Crippen LogP) is 1.72. The molecule has 1 aliphatic heterocycles. The molecule has 0 saturated carbocycles. The van der Waals surface area contributed by atoms with Crippen LogP contribution in [0.4, 0.5) is 4.79 Å². The van der Waals surface area contributed by atoms with E-state index < -0.39 is 11.6 Å². The fourth-order valence-corrected chi connectivity index (χ4v) is 3.82. The van der Waals surface area contributed by atoms with Gasteiger partial charge in [-0.25, -0.2) is 4.79 Å². The van der Waals surface area contributed by atoms with Crippen LogP contribution in [0.2, 0.25) is 0 Å². The fourth-order valence-electron chi connectivity index (χ4n) is 3.82. The Morgan fingerprint density at radius 1 is 1.22 bits per heavy atom. The van der Waals surface area contributed by atoms with Gasteiger partial charge in [-0.3, -0.25) is 14.5 Å². The zero-order chi connectivity index (χ0) is 19.0. The maximum atomic E-state index is 13.0. The number of hydrogen-bond acceptors (Lipinski definition) is 4. The first-order valence-corrected chi connectivity index (χ1v) is 8.96. The number of nitrogens with zero attached hydrogens (tertiary/aromatic N) is 2. The van der Waals surface area contributed by atoms with E-state index in [2.05, 4.69) is 5.32 Å². The van der Waals surface area contributed by atoms with Crippen molar-refractivity contribution in [2.45, 2.75) is 31.3 Å². The summed E-state index contributed by atoms with van der Waals surface area (Å²) in [6.45, 7) is 0.0132. The van der Waals surface area contributed by atoms with E-state index in [1.54, 1.807) is 19.2 Å². The summed E-state index contributed by atoms with van der Waals surface area (Å²) in [5.41, 5.74) is 1.34. The topological polar surface area (TPSA) is 82.9 Å². The van der Waals surface area contributed by atoms with Gasteiger partial charge in [-0.2, -0.15) is 0 Å². The van der Waals surface area contributed by atoms with Crippen molar-refractivity contribution in [3.63, 3.8) is 0 Å². The van der Waals surface area contributed by atoms with Gasteiger partial charge >= 0.3 is 6.03 Å². The van der Waals surface area contributed by atoms with Crippen LogP contribution in [0, 0.1) is 0 Å². The van der Waals surface area contributed by atoms with Crippen molar-refractivity contribution >= 4 is 17.8 Å². The van der Waals surface area contributed by atoms with Gasteiger partial charge in [0.25, 0.3) is 5.91 Å². The van der Waals surface area contributed by atoms with Crippen molar-refractivity contribution in [3.05, 3.63) is 59.5 Å². The van der Waals surface area contributed by atoms with E-state index >= 15 is 0 Å². The molecule has 27 heavy (non-hydrogen) atoms. The number of carbonyl (C=O) groups is 3. The van der Waals surface area contributed by atoms with Crippen LogP contribution in [-0.2, 0) is 29.0 Å². The van der Waals surface area contributed by atoms with Crippen molar-refractivity contribution in [3.8, 4) is 0 Å². The molecule has 2 aromatic rings. The second kappa shape index (κ2) is 6.57. The second-order valence-electron chi connectivity index (χ2n) is 7.18. The predicted molar refractivity (Wildman–Crippen MR) is 96.6 cm³/mol. The van der Waals surface area contributed by atoms with Gasteiger partial charge < -0.3 is 14.6 Å². The molecule has 7 nitrogen and oxygen atoms in total. The van der Waals surface area contributed by atoms with Crippen molar-refractivity contribution in [2.75, 3.05) is 13.6 Å². The molecule has 1 aromatic heterocycles. The zero-order valence-corrected chi connectivity index (χ0v) is 15.1. The minimum Gasteiger partial charge on any atom is -0.467 e. The van der Waals surface area contributed by atoms with Gasteiger partial charge in [0.1, 0.15) is 17.8 Å². The first-order valence-electron chi connectivity index (χ1n) is 8.96. The fraction of sp³-hybridized carbons (Fsp3) is 0.350. The Balaban J connectivity index is 1.46. The molecule has 1 unspecified atom stereocenters. The molecular weight excluding hydrogens is 346 g/mol. The highest BCUT2D eigenvalue weighted by atomic mass is 16.3. The molecule has 1 aromatic carbocycles. The molecule has 1 atom stereocenters. The van der Waals surface area contributed by atoms with Crippen molar-refractivity contribution in [1.29, 1.82) is 0 Å². The Bertz CT molecular complexity index is 892. The number of imide groups is 1. The molecule has 1 aliphatic carbocycles. The Labute approximate surface area is 156 Å². The first kappa shape index (κ1) is 17.3. The summed E-state index contributed by atoms with van der Waals surface area (Å²) in [4.78, 5) is 40.5.